The summed E-state index contributed by atoms with van der Waals surface area (Å²) in [4.78, 5) is 25.7. The number of ether oxygens (including phenoxy) is 1. The zero-order valence-electron chi connectivity index (χ0n) is 14.5. The van der Waals surface area contributed by atoms with Gasteiger partial charge in [-0.2, -0.15) is 0 Å². The van der Waals surface area contributed by atoms with E-state index in [9.17, 15) is 9.59 Å². The number of benzene rings is 4. The van der Waals surface area contributed by atoms with Gasteiger partial charge in [0.2, 0.25) is 0 Å². The zero-order valence-corrected chi connectivity index (χ0v) is 14.5. The first-order valence-corrected chi connectivity index (χ1v) is 8.63. The molecule has 3 nitrogen and oxygen atoms in total. The van der Waals surface area contributed by atoms with E-state index in [4.69, 9.17) is 4.74 Å². The molecule has 27 heavy (non-hydrogen) atoms. The quantitative estimate of drug-likeness (QED) is 0.285. The van der Waals surface area contributed by atoms with Crippen molar-refractivity contribution in [3.8, 4) is 5.75 Å². The maximum absolute atomic E-state index is 12.8. The van der Waals surface area contributed by atoms with Crippen molar-refractivity contribution in [3.05, 3.63) is 114 Å². The van der Waals surface area contributed by atoms with Crippen LogP contribution in [0, 0.1) is 0 Å². The van der Waals surface area contributed by atoms with E-state index in [2.05, 4.69) is 0 Å². The Hall–Kier alpha value is -3.72. The van der Waals surface area contributed by atoms with Crippen molar-refractivity contribution >= 4 is 22.5 Å². The van der Waals surface area contributed by atoms with Gasteiger partial charge in [-0.1, -0.05) is 84.9 Å². The second-order valence-electron chi connectivity index (χ2n) is 6.11. The van der Waals surface area contributed by atoms with E-state index in [0.717, 1.165) is 10.8 Å². The lowest BCUT2D eigenvalue weighted by atomic mass is 9.98. The first-order chi connectivity index (χ1) is 13.2. The molecule has 3 heteroatoms. The van der Waals surface area contributed by atoms with Crippen LogP contribution in [0.4, 0.5) is 0 Å². The number of fused-ring (bicyclic) bond motifs is 1. The van der Waals surface area contributed by atoms with Crippen LogP contribution in [-0.4, -0.2) is 11.8 Å². The van der Waals surface area contributed by atoms with Gasteiger partial charge < -0.3 is 4.74 Å². The maximum Gasteiger partial charge on any atom is 0.344 e. The van der Waals surface area contributed by atoms with Gasteiger partial charge in [-0.05, 0) is 17.5 Å². The monoisotopic (exact) mass is 352 g/mol. The highest BCUT2D eigenvalue weighted by Crippen LogP contribution is 2.26. The molecule has 0 aliphatic carbocycles. The summed E-state index contributed by atoms with van der Waals surface area (Å²) in [6.45, 7) is 0. The van der Waals surface area contributed by atoms with E-state index in [-0.39, 0.29) is 11.3 Å². The van der Waals surface area contributed by atoms with E-state index < -0.39 is 5.97 Å². The zero-order chi connectivity index (χ0) is 18.6. The number of hydrogen-bond acceptors (Lipinski definition) is 3. The molecular weight excluding hydrogens is 336 g/mol. The summed E-state index contributed by atoms with van der Waals surface area (Å²) in [5, 5.41) is 1.83. The van der Waals surface area contributed by atoms with Crippen LogP contribution in [0.3, 0.4) is 0 Å². The Morgan fingerprint density at radius 1 is 0.593 bits per heavy atom. The molecule has 130 valence electrons. The standard InChI is InChI=1S/C24H16O3/c25-23(18-10-2-1-3-11-18)20-14-6-7-15-21(20)24(26)27-22-16-8-12-17-9-4-5-13-19(17)22/h1-16H. The molecule has 0 spiro atoms. The second kappa shape index (κ2) is 7.26. The molecule has 4 aromatic rings. The van der Waals surface area contributed by atoms with Gasteiger partial charge >= 0.3 is 5.97 Å². The molecule has 0 radical (unpaired) electrons. The number of ketones is 1. The highest BCUT2D eigenvalue weighted by atomic mass is 16.5. The predicted molar refractivity (Wildman–Crippen MR) is 105 cm³/mol. The average molecular weight is 352 g/mol. The summed E-state index contributed by atoms with van der Waals surface area (Å²) in [5.74, 6) is -0.285. The van der Waals surface area contributed by atoms with Crippen LogP contribution >= 0.6 is 0 Å². The normalized spacial score (nSPS) is 10.5. The molecule has 0 fully saturated rings. The molecule has 0 N–H and O–H groups in total. The fourth-order valence-corrected chi connectivity index (χ4v) is 3.04. The first-order valence-electron chi connectivity index (χ1n) is 8.63. The van der Waals surface area contributed by atoms with Gasteiger partial charge in [-0.25, -0.2) is 4.79 Å². The molecule has 4 rings (SSSR count). The van der Waals surface area contributed by atoms with E-state index in [0.29, 0.717) is 16.9 Å². The molecule has 0 aliphatic rings. The summed E-state index contributed by atoms with van der Waals surface area (Å²) in [6.07, 6.45) is 0. The molecule has 0 saturated carbocycles. The fourth-order valence-electron chi connectivity index (χ4n) is 3.04. The minimum absolute atomic E-state index is 0.207. The summed E-state index contributed by atoms with van der Waals surface area (Å²) in [6, 6.07) is 28.9. The molecule has 0 amide bonds. The van der Waals surface area contributed by atoms with Gasteiger partial charge in [-0.3, -0.25) is 4.79 Å². The number of rotatable bonds is 4. The lowest BCUT2D eigenvalue weighted by Gasteiger charge is -2.10. The minimum atomic E-state index is -0.550. The van der Waals surface area contributed by atoms with E-state index in [1.165, 1.54) is 0 Å². The Kier molecular flexibility index (Phi) is 4.50. The minimum Gasteiger partial charge on any atom is -0.422 e. The van der Waals surface area contributed by atoms with Crippen LogP contribution in [0.1, 0.15) is 26.3 Å². The molecule has 0 heterocycles. The van der Waals surface area contributed by atoms with Crippen LogP contribution in [0.5, 0.6) is 5.75 Å². The summed E-state index contributed by atoms with van der Waals surface area (Å²) >= 11 is 0. The van der Waals surface area contributed by atoms with Crippen LogP contribution in [0.25, 0.3) is 10.8 Å². The van der Waals surface area contributed by atoms with Crippen molar-refractivity contribution in [2.45, 2.75) is 0 Å². The first kappa shape index (κ1) is 16.7. The van der Waals surface area contributed by atoms with E-state index in [1.807, 2.05) is 42.5 Å². The Balaban J connectivity index is 1.70. The van der Waals surface area contributed by atoms with Gasteiger partial charge in [0.1, 0.15) is 5.75 Å². The average Bonchev–Trinajstić information content (AvgIpc) is 2.74. The Morgan fingerprint density at radius 3 is 2.04 bits per heavy atom. The molecule has 4 aromatic carbocycles. The predicted octanol–water partition coefficient (Wildman–Crippen LogP) is 5.29. The molecular formula is C24H16O3. The molecule has 0 aromatic heterocycles. The fraction of sp³-hybridized carbons (Fsp3) is 0. The molecule has 0 bridgehead atoms. The highest BCUT2D eigenvalue weighted by molar-refractivity contribution is 6.14. The molecule has 0 unspecified atom stereocenters. The largest absolute Gasteiger partial charge is 0.422 e. The lowest BCUT2D eigenvalue weighted by molar-refractivity contribution is 0.0732. The van der Waals surface area contributed by atoms with Crippen molar-refractivity contribution in [3.63, 3.8) is 0 Å². The van der Waals surface area contributed by atoms with Crippen molar-refractivity contribution in [2.75, 3.05) is 0 Å². The number of esters is 1. The maximum atomic E-state index is 12.8. The summed E-state index contributed by atoms with van der Waals surface area (Å²) in [5.41, 5.74) is 1.11. The Morgan fingerprint density at radius 2 is 1.22 bits per heavy atom. The number of carbonyl (C=O) groups is 2. The topological polar surface area (TPSA) is 43.4 Å². The van der Waals surface area contributed by atoms with Gasteiger partial charge in [0.05, 0.1) is 5.56 Å². The van der Waals surface area contributed by atoms with Crippen LogP contribution < -0.4 is 4.74 Å². The third-order valence-corrected chi connectivity index (χ3v) is 4.38. The van der Waals surface area contributed by atoms with Crippen molar-refractivity contribution in [1.82, 2.24) is 0 Å². The van der Waals surface area contributed by atoms with Crippen LogP contribution in [0.2, 0.25) is 0 Å². The van der Waals surface area contributed by atoms with Gasteiger partial charge in [-0.15, -0.1) is 0 Å². The Labute approximate surface area is 156 Å². The van der Waals surface area contributed by atoms with Gasteiger partial charge in [0.25, 0.3) is 0 Å². The summed E-state index contributed by atoms with van der Waals surface area (Å²) in [7, 11) is 0. The van der Waals surface area contributed by atoms with Gasteiger partial charge in [0, 0.05) is 16.5 Å². The number of hydrogen-bond donors (Lipinski definition) is 0. The SMILES string of the molecule is O=C(Oc1cccc2ccccc12)c1ccccc1C(=O)c1ccccc1. The lowest BCUT2D eigenvalue weighted by Crippen LogP contribution is -2.15. The number of carbonyl (C=O) groups excluding carboxylic acids is 2. The van der Waals surface area contributed by atoms with E-state index in [1.54, 1.807) is 54.6 Å². The molecule has 0 saturated heterocycles. The third kappa shape index (κ3) is 3.35. The van der Waals surface area contributed by atoms with Crippen molar-refractivity contribution < 1.29 is 14.3 Å². The van der Waals surface area contributed by atoms with Gasteiger partial charge in [0.15, 0.2) is 5.78 Å². The smallest absolute Gasteiger partial charge is 0.344 e. The summed E-state index contributed by atoms with van der Waals surface area (Å²) < 4.78 is 5.65. The van der Waals surface area contributed by atoms with Crippen LogP contribution in [-0.2, 0) is 0 Å². The molecule has 0 atom stereocenters. The third-order valence-electron chi connectivity index (χ3n) is 4.38. The molecule has 0 aliphatic heterocycles. The Bertz CT molecular complexity index is 1130. The van der Waals surface area contributed by atoms with Crippen molar-refractivity contribution in [1.29, 1.82) is 0 Å². The van der Waals surface area contributed by atoms with Crippen molar-refractivity contribution in [2.24, 2.45) is 0 Å². The van der Waals surface area contributed by atoms with Crippen LogP contribution in [0.15, 0.2) is 97.1 Å². The second-order valence-corrected chi connectivity index (χ2v) is 6.11. The highest BCUT2D eigenvalue weighted by Gasteiger charge is 2.20. The van der Waals surface area contributed by atoms with E-state index >= 15 is 0 Å².